The van der Waals surface area contributed by atoms with E-state index in [1.807, 2.05) is 49.9 Å². The summed E-state index contributed by atoms with van der Waals surface area (Å²) < 4.78 is 16.5. The molecule has 1 atom stereocenters. The van der Waals surface area contributed by atoms with E-state index in [4.69, 9.17) is 4.98 Å². The van der Waals surface area contributed by atoms with E-state index in [0.29, 0.717) is 41.2 Å². The van der Waals surface area contributed by atoms with Crippen LogP contribution in [0.5, 0.6) is 0 Å². The molecule has 0 aliphatic carbocycles. The first kappa shape index (κ1) is 26.3. The second-order valence-electron chi connectivity index (χ2n) is 10.5. The fourth-order valence-electron chi connectivity index (χ4n) is 5.48. The number of hydrogen-bond acceptors (Lipinski definition) is 5. The molecule has 2 aromatic carbocycles. The minimum absolute atomic E-state index is 0.127. The predicted molar refractivity (Wildman–Crippen MR) is 150 cm³/mol. The highest BCUT2D eigenvalue weighted by Crippen LogP contribution is 2.34. The number of anilines is 1. The molecule has 1 saturated heterocycles. The van der Waals surface area contributed by atoms with Gasteiger partial charge in [0.05, 0.1) is 16.8 Å². The Morgan fingerprint density at radius 1 is 1.05 bits per heavy atom. The highest BCUT2D eigenvalue weighted by atomic mass is 19.1. The topological polar surface area (TPSA) is 91.6 Å². The highest BCUT2D eigenvalue weighted by Gasteiger charge is 2.30. The number of aromatic nitrogens is 3. The van der Waals surface area contributed by atoms with Crippen molar-refractivity contribution in [3.8, 4) is 16.9 Å². The normalized spacial score (nSPS) is 15.8. The van der Waals surface area contributed by atoms with Crippen LogP contribution < -0.4 is 10.6 Å². The Kier molecular flexibility index (Phi) is 6.84. The molecule has 1 amide bonds. The van der Waals surface area contributed by atoms with Gasteiger partial charge in [-0.25, -0.2) is 23.5 Å². The SMILES string of the molecule is Cc1cc2c(N3CCN(C(=O)O)C[C@@H]3C)nc(=O)n(-c3c(C)cccc3C(C)C)c2nc1-c1ccccc1F. The summed E-state index contributed by atoms with van der Waals surface area (Å²) in [6.45, 7) is 10.8. The molecular formula is C30H32FN5O3. The molecule has 5 rings (SSSR count). The van der Waals surface area contributed by atoms with Crippen molar-refractivity contribution in [2.24, 2.45) is 0 Å². The Hall–Kier alpha value is -4.27. The lowest BCUT2D eigenvalue weighted by molar-refractivity contribution is 0.136. The fraction of sp³-hybridized carbons (Fsp3) is 0.333. The summed E-state index contributed by atoms with van der Waals surface area (Å²) in [7, 11) is 0. The Bertz CT molecular complexity index is 1650. The second kappa shape index (κ2) is 10.1. The molecule has 1 aliphatic heterocycles. The maximum Gasteiger partial charge on any atom is 0.407 e. The van der Waals surface area contributed by atoms with E-state index in [2.05, 4.69) is 18.8 Å². The van der Waals surface area contributed by atoms with Crippen LogP contribution in [0.1, 0.15) is 43.4 Å². The first-order chi connectivity index (χ1) is 18.6. The largest absolute Gasteiger partial charge is 0.465 e. The van der Waals surface area contributed by atoms with E-state index >= 15 is 0 Å². The van der Waals surface area contributed by atoms with Gasteiger partial charge in [0.2, 0.25) is 0 Å². The van der Waals surface area contributed by atoms with Crippen LogP contribution in [-0.4, -0.2) is 56.3 Å². The van der Waals surface area contributed by atoms with Crippen LogP contribution >= 0.6 is 0 Å². The standard InChI is InChI=1S/C30H32FN5O3/c1-17(2)21-11-8-9-18(3)26(21)36-28-23(15-19(4)25(32-28)22-10-6-7-12-24(22)31)27(33-29(36)37)35-14-13-34(30(38)39)16-20(35)5/h6-12,15,17,20H,13-14,16H2,1-5H3,(H,38,39)/t20-/m0/s1. The lowest BCUT2D eigenvalue weighted by Gasteiger charge is -2.39. The first-order valence-corrected chi connectivity index (χ1v) is 13.1. The third kappa shape index (κ3) is 4.62. The lowest BCUT2D eigenvalue weighted by Crippen LogP contribution is -2.54. The zero-order valence-electron chi connectivity index (χ0n) is 22.8. The van der Waals surface area contributed by atoms with Gasteiger partial charge in [-0.1, -0.05) is 44.2 Å². The molecule has 4 aromatic rings. The Labute approximate surface area is 226 Å². The van der Waals surface area contributed by atoms with E-state index in [1.54, 1.807) is 22.8 Å². The van der Waals surface area contributed by atoms with Gasteiger partial charge < -0.3 is 14.9 Å². The third-order valence-corrected chi connectivity index (χ3v) is 7.45. The molecule has 39 heavy (non-hydrogen) atoms. The van der Waals surface area contributed by atoms with Crippen molar-refractivity contribution >= 4 is 22.9 Å². The smallest absolute Gasteiger partial charge is 0.407 e. The molecule has 1 N–H and O–H groups in total. The number of carbonyl (C=O) groups is 1. The van der Waals surface area contributed by atoms with Crippen LogP contribution in [0.15, 0.2) is 53.3 Å². The van der Waals surface area contributed by atoms with Crippen molar-refractivity contribution in [3.05, 3.63) is 81.5 Å². The van der Waals surface area contributed by atoms with E-state index in [9.17, 15) is 19.1 Å². The molecule has 0 spiro atoms. The first-order valence-electron chi connectivity index (χ1n) is 13.1. The van der Waals surface area contributed by atoms with E-state index in [1.165, 1.54) is 11.0 Å². The van der Waals surface area contributed by atoms with Gasteiger partial charge in [-0.15, -0.1) is 0 Å². The number of carboxylic acid groups (broad SMARTS) is 1. The molecule has 9 heteroatoms. The van der Waals surface area contributed by atoms with Crippen molar-refractivity contribution in [1.29, 1.82) is 0 Å². The van der Waals surface area contributed by atoms with Gasteiger partial charge in [0.1, 0.15) is 11.6 Å². The summed E-state index contributed by atoms with van der Waals surface area (Å²) in [5, 5.41) is 10.1. The van der Waals surface area contributed by atoms with Gasteiger partial charge in [-0.05, 0) is 61.6 Å². The number of piperazine rings is 1. The number of hydrogen-bond donors (Lipinski definition) is 1. The molecule has 1 aliphatic rings. The van der Waals surface area contributed by atoms with Gasteiger partial charge in [-0.2, -0.15) is 4.98 Å². The van der Waals surface area contributed by atoms with Crippen LogP contribution in [0, 0.1) is 19.7 Å². The molecule has 2 aromatic heterocycles. The second-order valence-corrected chi connectivity index (χ2v) is 10.5. The number of aryl methyl sites for hydroxylation is 2. The highest BCUT2D eigenvalue weighted by molar-refractivity contribution is 5.91. The van der Waals surface area contributed by atoms with Gasteiger partial charge in [0.25, 0.3) is 0 Å². The zero-order valence-corrected chi connectivity index (χ0v) is 22.8. The summed E-state index contributed by atoms with van der Waals surface area (Å²) in [4.78, 5) is 38.4. The van der Waals surface area contributed by atoms with Crippen molar-refractivity contribution in [2.75, 3.05) is 24.5 Å². The van der Waals surface area contributed by atoms with Crippen LogP contribution in [-0.2, 0) is 0 Å². The summed E-state index contributed by atoms with van der Waals surface area (Å²) in [5.41, 5.74) is 4.05. The number of rotatable bonds is 4. The van der Waals surface area contributed by atoms with Crippen LogP contribution in [0.3, 0.4) is 0 Å². The molecule has 0 unspecified atom stereocenters. The van der Waals surface area contributed by atoms with Crippen molar-refractivity contribution in [1.82, 2.24) is 19.4 Å². The molecule has 202 valence electrons. The minimum Gasteiger partial charge on any atom is -0.465 e. The van der Waals surface area contributed by atoms with Crippen molar-refractivity contribution in [2.45, 2.75) is 46.6 Å². The predicted octanol–water partition coefficient (Wildman–Crippen LogP) is 5.52. The average Bonchev–Trinajstić information content (AvgIpc) is 2.89. The van der Waals surface area contributed by atoms with E-state index < -0.39 is 17.6 Å². The molecule has 3 heterocycles. The monoisotopic (exact) mass is 529 g/mol. The van der Waals surface area contributed by atoms with Crippen molar-refractivity contribution < 1.29 is 14.3 Å². The molecule has 1 fully saturated rings. The lowest BCUT2D eigenvalue weighted by atomic mass is 9.97. The number of pyridine rings is 1. The van der Waals surface area contributed by atoms with Crippen LogP contribution in [0.4, 0.5) is 15.0 Å². The Morgan fingerprint density at radius 3 is 2.46 bits per heavy atom. The van der Waals surface area contributed by atoms with Gasteiger partial charge in [-0.3, -0.25) is 0 Å². The van der Waals surface area contributed by atoms with Gasteiger partial charge in [0.15, 0.2) is 5.65 Å². The number of amides is 1. The summed E-state index contributed by atoms with van der Waals surface area (Å²) in [6.07, 6.45) is -0.970. The number of fused-ring (bicyclic) bond motifs is 1. The molecule has 0 bridgehead atoms. The maximum absolute atomic E-state index is 14.9. The van der Waals surface area contributed by atoms with Crippen LogP contribution in [0.2, 0.25) is 0 Å². The number of nitrogens with zero attached hydrogens (tertiary/aromatic N) is 5. The Balaban J connectivity index is 1.84. The quantitative estimate of drug-likeness (QED) is 0.375. The molecule has 0 saturated carbocycles. The van der Waals surface area contributed by atoms with Gasteiger partial charge >= 0.3 is 11.8 Å². The van der Waals surface area contributed by atoms with E-state index in [-0.39, 0.29) is 18.5 Å². The van der Waals surface area contributed by atoms with Crippen LogP contribution in [0.25, 0.3) is 28.0 Å². The van der Waals surface area contributed by atoms with E-state index in [0.717, 1.165) is 22.4 Å². The number of benzene rings is 2. The maximum atomic E-state index is 14.9. The zero-order chi connectivity index (χ0) is 28.0. The minimum atomic E-state index is -0.970. The summed E-state index contributed by atoms with van der Waals surface area (Å²) in [5.74, 6) is 0.189. The average molecular weight is 530 g/mol. The Morgan fingerprint density at radius 2 is 1.79 bits per heavy atom. The molecular weight excluding hydrogens is 497 g/mol. The number of halogens is 1. The summed E-state index contributed by atoms with van der Waals surface area (Å²) >= 11 is 0. The fourth-order valence-corrected chi connectivity index (χ4v) is 5.48. The summed E-state index contributed by atoms with van der Waals surface area (Å²) in [6, 6.07) is 14.1. The molecule has 8 nitrogen and oxygen atoms in total. The number of para-hydroxylation sites is 1. The van der Waals surface area contributed by atoms with Gasteiger partial charge in [0, 0.05) is 31.2 Å². The third-order valence-electron chi connectivity index (χ3n) is 7.45. The molecule has 0 radical (unpaired) electrons. The van der Waals surface area contributed by atoms with Crippen molar-refractivity contribution in [3.63, 3.8) is 0 Å².